The fourth-order valence-corrected chi connectivity index (χ4v) is 8.29. The van der Waals surface area contributed by atoms with Gasteiger partial charge < -0.3 is 10.1 Å². The van der Waals surface area contributed by atoms with Gasteiger partial charge in [-0.25, -0.2) is 18.4 Å². The first-order valence-corrected chi connectivity index (χ1v) is 20.2. The van der Waals surface area contributed by atoms with Crippen LogP contribution in [0, 0.1) is 11.8 Å². The van der Waals surface area contributed by atoms with Gasteiger partial charge >= 0.3 is 0 Å². The molecule has 3 aliphatic rings. The van der Waals surface area contributed by atoms with Crippen LogP contribution in [0.15, 0.2) is 30.6 Å². The lowest BCUT2D eigenvalue weighted by Gasteiger charge is -2.33. The summed E-state index contributed by atoms with van der Waals surface area (Å²) in [5.41, 5.74) is 3.60. The molecule has 2 aromatic rings. The van der Waals surface area contributed by atoms with E-state index in [0.717, 1.165) is 73.8 Å². The van der Waals surface area contributed by atoms with Crippen LogP contribution in [-0.4, -0.2) is 73.8 Å². The number of pyridine rings is 1. The van der Waals surface area contributed by atoms with E-state index in [0.29, 0.717) is 24.9 Å². The van der Waals surface area contributed by atoms with Gasteiger partial charge in [-0.15, -0.1) is 0 Å². The molecule has 0 spiro atoms. The number of piperidine rings is 1. The van der Waals surface area contributed by atoms with E-state index < -0.39 is 18.1 Å². The number of nitrogens with zero attached hydrogens (tertiary/aromatic N) is 4. The first-order chi connectivity index (χ1) is 19.1. The molecule has 3 heterocycles. The minimum absolute atomic E-state index is 0.00744. The van der Waals surface area contributed by atoms with Gasteiger partial charge in [0.2, 0.25) is 10.0 Å². The summed E-state index contributed by atoms with van der Waals surface area (Å²) in [4.78, 5) is 14.6. The molecule has 1 N–H and O–H groups in total. The summed E-state index contributed by atoms with van der Waals surface area (Å²) in [7, 11) is -4.31. The highest BCUT2D eigenvalue weighted by Crippen LogP contribution is 2.36. The van der Waals surface area contributed by atoms with Crippen molar-refractivity contribution in [3.8, 4) is 11.3 Å². The number of ether oxygens (including phenoxy) is 1. The Morgan fingerprint density at radius 2 is 2.02 bits per heavy atom. The van der Waals surface area contributed by atoms with Crippen LogP contribution >= 0.6 is 0 Å². The third kappa shape index (κ3) is 7.57. The number of fused-ring (bicyclic) bond motifs is 1. The second-order valence-corrected chi connectivity index (χ2v) is 20.7. The summed E-state index contributed by atoms with van der Waals surface area (Å²) in [6.07, 6.45) is 12.7. The maximum absolute atomic E-state index is 12.9. The van der Waals surface area contributed by atoms with Gasteiger partial charge in [-0.3, -0.25) is 4.98 Å². The van der Waals surface area contributed by atoms with Crippen molar-refractivity contribution in [2.45, 2.75) is 76.7 Å². The summed E-state index contributed by atoms with van der Waals surface area (Å²) in [6.45, 7) is 12.0. The lowest BCUT2D eigenvalue weighted by atomic mass is 9.84. The summed E-state index contributed by atoms with van der Waals surface area (Å²) in [5, 5.41) is 3.55. The number of aromatic nitrogens is 3. The Labute approximate surface area is 241 Å². The smallest absolute Gasteiger partial charge is 0.214 e. The second-order valence-electron chi connectivity index (χ2n) is 13.1. The summed E-state index contributed by atoms with van der Waals surface area (Å²) < 4.78 is 33.5. The topological polar surface area (TPSA) is 97.3 Å². The molecule has 0 aromatic carbocycles. The Bertz CT molecular complexity index is 1310. The van der Waals surface area contributed by atoms with E-state index in [1.54, 1.807) is 10.5 Å². The van der Waals surface area contributed by atoms with Crippen LogP contribution < -0.4 is 5.32 Å². The minimum Gasteiger partial charge on any atom is -0.381 e. The highest BCUT2D eigenvalue weighted by molar-refractivity contribution is 7.89. The fourth-order valence-electron chi connectivity index (χ4n) is 5.58. The van der Waals surface area contributed by atoms with Gasteiger partial charge in [0, 0.05) is 58.1 Å². The molecule has 2 fully saturated rings. The molecule has 0 amide bonds. The number of hydrogen-bond acceptors (Lipinski definition) is 7. The third-order valence-electron chi connectivity index (χ3n) is 8.26. The number of hydrogen-bond donors (Lipinski definition) is 1. The Hall–Kier alpha value is -2.14. The van der Waals surface area contributed by atoms with Crippen molar-refractivity contribution in [1.82, 2.24) is 19.3 Å². The first kappa shape index (κ1) is 29.4. The summed E-state index contributed by atoms with van der Waals surface area (Å²) >= 11 is 0. The predicted molar refractivity (Wildman–Crippen MR) is 165 cm³/mol. The highest BCUT2D eigenvalue weighted by atomic mass is 32.2. The van der Waals surface area contributed by atoms with Crippen LogP contribution in [0.4, 0.5) is 5.82 Å². The minimum atomic E-state index is -3.21. The molecular formula is C30H45N5O3SSi. The van der Waals surface area contributed by atoms with Gasteiger partial charge in [0.25, 0.3) is 0 Å². The average Bonchev–Trinajstić information content (AvgIpc) is 3.73. The normalized spacial score (nSPS) is 22.6. The van der Waals surface area contributed by atoms with Crippen LogP contribution in [-0.2, 0) is 14.8 Å². The molecule has 3 unspecified atom stereocenters. The molecule has 5 rings (SSSR count). The largest absolute Gasteiger partial charge is 0.381 e. The van der Waals surface area contributed by atoms with Gasteiger partial charge in [0.05, 0.1) is 29.0 Å². The zero-order chi connectivity index (χ0) is 28.3. The lowest BCUT2D eigenvalue weighted by molar-refractivity contribution is 0.105. The van der Waals surface area contributed by atoms with Gasteiger partial charge in [-0.05, 0) is 68.2 Å². The molecule has 3 atom stereocenters. The first-order valence-electron chi connectivity index (χ1n) is 14.9. The van der Waals surface area contributed by atoms with E-state index in [-0.39, 0.29) is 17.7 Å². The van der Waals surface area contributed by atoms with Crippen molar-refractivity contribution in [2.75, 3.05) is 37.4 Å². The number of rotatable bonds is 12. The fraction of sp³-hybridized carbons (Fsp3) is 0.633. The van der Waals surface area contributed by atoms with Gasteiger partial charge in [0.1, 0.15) is 5.82 Å². The summed E-state index contributed by atoms with van der Waals surface area (Å²) in [5.74, 6) is 2.00. The number of anilines is 1. The van der Waals surface area contributed by atoms with Crippen molar-refractivity contribution in [3.63, 3.8) is 0 Å². The second kappa shape index (κ2) is 12.4. The zero-order valence-corrected chi connectivity index (χ0v) is 26.3. The molecule has 10 heteroatoms. The molecule has 2 aliphatic carbocycles. The number of sulfonamides is 1. The van der Waals surface area contributed by atoms with E-state index in [9.17, 15) is 8.42 Å². The summed E-state index contributed by atoms with van der Waals surface area (Å²) in [6, 6.07) is 5.11. The van der Waals surface area contributed by atoms with Crippen molar-refractivity contribution >= 4 is 30.0 Å². The van der Waals surface area contributed by atoms with Crippen molar-refractivity contribution in [2.24, 2.45) is 11.8 Å². The molecule has 40 heavy (non-hydrogen) atoms. The van der Waals surface area contributed by atoms with Crippen LogP contribution in [0.3, 0.4) is 0 Å². The van der Waals surface area contributed by atoms with Crippen LogP contribution in [0.5, 0.6) is 0 Å². The van der Waals surface area contributed by atoms with Crippen molar-refractivity contribution in [1.29, 1.82) is 0 Å². The predicted octanol–water partition coefficient (Wildman–Crippen LogP) is 5.65. The van der Waals surface area contributed by atoms with Crippen LogP contribution in [0.1, 0.15) is 56.3 Å². The number of nitrogens with one attached hydrogen (secondary N) is 1. The number of allylic oxidation sites excluding steroid dienone is 1. The lowest BCUT2D eigenvalue weighted by Crippen LogP contribution is -2.46. The Morgan fingerprint density at radius 1 is 1.20 bits per heavy atom. The molecule has 8 nitrogen and oxygen atoms in total. The SMILES string of the molecule is CC(COCC[Si](C)(C)C)C1CC=Cc2nc(-c3cccnc3NC3CCCN(S(=O)(=O)CC4CC4)C3)cnc21. The maximum Gasteiger partial charge on any atom is 0.214 e. The molecule has 218 valence electrons. The van der Waals surface area contributed by atoms with E-state index in [2.05, 4.69) is 49.0 Å². The monoisotopic (exact) mass is 583 g/mol. The van der Waals surface area contributed by atoms with E-state index in [1.165, 1.54) is 6.04 Å². The van der Waals surface area contributed by atoms with Gasteiger partial charge in [0.15, 0.2) is 0 Å². The molecule has 0 radical (unpaired) electrons. The van der Waals surface area contributed by atoms with E-state index in [4.69, 9.17) is 14.7 Å². The quantitative estimate of drug-likeness (QED) is 0.255. The van der Waals surface area contributed by atoms with Crippen molar-refractivity contribution in [3.05, 3.63) is 42.0 Å². The third-order valence-corrected chi connectivity index (χ3v) is 12.0. The molecule has 1 saturated heterocycles. The zero-order valence-electron chi connectivity index (χ0n) is 24.5. The molecular weight excluding hydrogens is 539 g/mol. The Balaban J connectivity index is 1.27. The van der Waals surface area contributed by atoms with Gasteiger partial charge in [-0.2, -0.15) is 4.31 Å². The Kier molecular flexibility index (Phi) is 9.09. The van der Waals surface area contributed by atoms with Crippen molar-refractivity contribution < 1.29 is 13.2 Å². The highest BCUT2D eigenvalue weighted by Gasteiger charge is 2.35. The van der Waals surface area contributed by atoms with E-state index in [1.807, 2.05) is 18.3 Å². The Morgan fingerprint density at radius 3 is 2.80 bits per heavy atom. The molecule has 1 saturated carbocycles. The maximum atomic E-state index is 12.9. The van der Waals surface area contributed by atoms with Crippen LogP contribution in [0.2, 0.25) is 25.7 Å². The van der Waals surface area contributed by atoms with Crippen LogP contribution in [0.25, 0.3) is 17.3 Å². The standard InChI is InChI=1S/C30H45N5O3SSi/c1-22(20-38-16-17-40(2,3)4)25-9-5-11-27-29(25)32-18-28(34-27)26-10-6-14-31-30(26)33-24-8-7-15-35(19-24)39(36,37)21-23-12-13-23/h5-6,10-11,14,18,22-25H,7-9,12-13,15-17,19-21H2,1-4H3,(H,31,33). The molecule has 1 aliphatic heterocycles. The average molecular weight is 584 g/mol. The molecule has 0 bridgehead atoms. The van der Waals surface area contributed by atoms with E-state index >= 15 is 0 Å². The van der Waals surface area contributed by atoms with Gasteiger partial charge in [-0.1, -0.05) is 32.6 Å². The molecule has 2 aromatic heterocycles.